The molecule has 2 heterocycles. The third kappa shape index (κ3) is 5.13. The van der Waals surface area contributed by atoms with Crippen molar-refractivity contribution >= 4 is 46.7 Å². The number of nitrogens with zero attached hydrogens (tertiary/aromatic N) is 3. The monoisotopic (exact) mass is 507 g/mol. The van der Waals surface area contributed by atoms with E-state index in [4.69, 9.17) is 21.4 Å². The van der Waals surface area contributed by atoms with Crippen molar-refractivity contribution in [3.63, 3.8) is 0 Å². The molecule has 1 saturated heterocycles. The first-order valence-electron chi connectivity index (χ1n) is 10.0. The maximum Gasteiger partial charge on any atom is 0.347 e. The van der Waals surface area contributed by atoms with Crippen LogP contribution in [0.5, 0.6) is 10.9 Å². The summed E-state index contributed by atoms with van der Waals surface area (Å²) in [7, 11) is 1.37. The Kier molecular flexibility index (Phi) is 6.70. The number of benzene rings is 1. The van der Waals surface area contributed by atoms with E-state index < -0.39 is 30.1 Å². The molecule has 178 valence electrons. The first-order valence-corrected chi connectivity index (χ1v) is 11.2. The highest BCUT2D eigenvalue weighted by Gasteiger charge is 2.37. The van der Waals surface area contributed by atoms with Crippen LogP contribution < -0.4 is 15.4 Å². The Morgan fingerprint density at radius 3 is 2.88 bits per heavy atom. The average molecular weight is 508 g/mol. The summed E-state index contributed by atoms with van der Waals surface area (Å²) in [6, 6.07) is 2.87. The predicted molar refractivity (Wildman–Crippen MR) is 123 cm³/mol. The van der Waals surface area contributed by atoms with Crippen LogP contribution in [0.2, 0.25) is 0 Å². The van der Waals surface area contributed by atoms with E-state index in [1.54, 1.807) is 6.08 Å². The van der Waals surface area contributed by atoms with Crippen LogP contribution in [0.15, 0.2) is 47.7 Å². The second-order valence-corrected chi connectivity index (χ2v) is 8.91. The fourth-order valence-corrected chi connectivity index (χ4v) is 4.11. The Hall–Kier alpha value is -3.64. The van der Waals surface area contributed by atoms with Crippen molar-refractivity contribution in [2.75, 3.05) is 18.9 Å². The van der Waals surface area contributed by atoms with Crippen LogP contribution in [0, 0.1) is 11.7 Å². The number of imide groups is 1. The average Bonchev–Trinajstić information content (AvgIpc) is 3.27. The molecule has 2 aliphatic rings. The number of halogens is 2. The van der Waals surface area contributed by atoms with Gasteiger partial charge in [0.1, 0.15) is 4.88 Å². The number of urea groups is 2. The lowest BCUT2D eigenvalue weighted by atomic mass is 10.00. The van der Waals surface area contributed by atoms with Crippen molar-refractivity contribution in [3.05, 3.63) is 58.4 Å². The normalized spacial score (nSPS) is 20.1. The molecule has 3 N–H and O–H groups in total. The highest BCUT2D eigenvalue weighted by molar-refractivity contribution is 7.15. The van der Waals surface area contributed by atoms with Crippen LogP contribution >= 0.6 is 22.9 Å². The summed E-state index contributed by atoms with van der Waals surface area (Å²) in [5, 5.41) is 15.2. The van der Waals surface area contributed by atoms with Crippen molar-refractivity contribution in [1.82, 2.24) is 20.1 Å². The van der Waals surface area contributed by atoms with Crippen molar-refractivity contribution in [3.8, 4) is 10.9 Å². The second kappa shape index (κ2) is 9.69. The Bertz CT molecular complexity index is 1200. The molecule has 4 amide bonds. The Balaban J connectivity index is 1.48. The molecule has 1 aliphatic carbocycles. The van der Waals surface area contributed by atoms with Gasteiger partial charge in [0.25, 0.3) is 5.19 Å². The summed E-state index contributed by atoms with van der Waals surface area (Å²) in [5.41, 5.74) is 0.282. The molecule has 0 radical (unpaired) electrons. The number of allylic oxidation sites excluding steroid dienone is 3. The topological polar surface area (TPSA) is 124 Å². The summed E-state index contributed by atoms with van der Waals surface area (Å²) in [5.74, 6) is -2.08. The summed E-state index contributed by atoms with van der Waals surface area (Å²) < 4.78 is 20.0. The van der Waals surface area contributed by atoms with Gasteiger partial charge in [0.2, 0.25) is 0 Å². The van der Waals surface area contributed by atoms with E-state index >= 15 is 0 Å². The highest BCUT2D eigenvalue weighted by atomic mass is 35.5. The van der Waals surface area contributed by atoms with Gasteiger partial charge in [-0.15, -0.1) is 0 Å². The molecular formula is C21H19ClFN5O5S. The van der Waals surface area contributed by atoms with Crippen molar-refractivity contribution in [2.24, 2.45) is 5.92 Å². The molecule has 1 aromatic heterocycles. The standard InChI is InChI=1S/C21H19ClFN5O5S/c1-27-19(31)26-18(28(21(27)32)10-11-2-4-12(22)5-3-11)25-13-6-7-15(14(23)8-13)33-20-24-9-16(34-20)17(29)30/h2,4-9,11,18,25H,3,10H2,1H3,(H,26,31)(H,29,30). The largest absolute Gasteiger partial charge is 0.477 e. The van der Waals surface area contributed by atoms with Crippen LogP contribution in [0.1, 0.15) is 16.1 Å². The Morgan fingerprint density at radius 1 is 1.44 bits per heavy atom. The quantitative estimate of drug-likeness (QED) is 0.512. The third-order valence-corrected chi connectivity index (χ3v) is 6.25. The van der Waals surface area contributed by atoms with Gasteiger partial charge in [-0.3, -0.25) is 10.2 Å². The fourth-order valence-electron chi connectivity index (χ4n) is 3.34. The minimum absolute atomic E-state index is 0.0133. The Morgan fingerprint density at radius 2 is 2.24 bits per heavy atom. The van der Waals surface area contributed by atoms with E-state index in [2.05, 4.69) is 15.6 Å². The minimum Gasteiger partial charge on any atom is -0.477 e. The van der Waals surface area contributed by atoms with Gasteiger partial charge in [0.15, 0.2) is 17.9 Å². The smallest absolute Gasteiger partial charge is 0.347 e. The van der Waals surface area contributed by atoms with Crippen LogP contribution in [-0.4, -0.2) is 57.8 Å². The summed E-state index contributed by atoms with van der Waals surface area (Å²) in [6.45, 7) is 0.290. The molecule has 34 heavy (non-hydrogen) atoms. The lowest BCUT2D eigenvalue weighted by Crippen LogP contribution is -2.67. The van der Waals surface area contributed by atoms with Gasteiger partial charge in [0.05, 0.1) is 6.20 Å². The molecule has 0 spiro atoms. The minimum atomic E-state index is -1.16. The summed E-state index contributed by atoms with van der Waals surface area (Å²) in [4.78, 5) is 42.1. The summed E-state index contributed by atoms with van der Waals surface area (Å²) in [6.07, 6.45) is 6.32. The number of ether oxygens (including phenoxy) is 1. The van der Waals surface area contributed by atoms with Gasteiger partial charge in [-0.05, 0) is 30.5 Å². The van der Waals surface area contributed by atoms with Gasteiger partial charge >= 0.3 is 18.0 Å². The number of carbonyl (C=O) groups excluding carboxylic acids is 2. The summed E-state index contributed by atoms with van der Waals surface area (Å²) >= 11 is 6.73. The van der Waals surface area contributed by atoms with Crippen molar-refractivity contribution < 1.29 is 28.6 Å². The van der Waals surface area contributed by atoms with Gasteiger partial charge in [-0.1, -0.05) is 35.1 Å². The number of hydrogen-bond acceptors (Lipinski definition) is 7. The van der Waals surface area contributed by atoms with E-state index in [-0.39, 0.29) is 34.0 Å². The number of rotatable bonds is 7. The van der Waals surface area contributed by atoms with Gasteiger partial charge in [0, 0.05) is 30.4 Å². The van der Waals surface area contributed by atoms with Crippen molar-refractivity contribution in [2.45, 2.75) is 12.7 Å². The fraction of sp³-hybridized carbons (Fsp3) is 0.238. The number of anilines is 1. The number of aromatic carboxylic acids is 1. The van der Waals surface area contributed by atoms with E-state index in [1.807, 2.05) is 12.2 Å². The molecule has 13 heteroatoms. The molecule has 4 rings (SSSR count). The molecule has 0 bridgehead atoms. The zero-order chi connectivity index (χ0) is 24.4. The number of hydrogen-bond donors (Lipinski definition) is 3. The number of thiazole rings is 1. The Labute approximate surface area is 202 Å². The number of carboxylic acids is 1. The lowest BCUT2D eigenvalue weighted by molar-refractivity contribution is 0.0701. The molecule has 2 aromatic rings. The highest BCUT2D eigenvalue weighted by Crippen LogP contribution is 2.30. The molecule has 1 fully saturated rings. The first kappa shape index (κ1) is 23.5. The molecular weight excluding hydrogens is 489 g/mol. The van der Waals surface area contributed by atoms with Crippen LogP contribution in [0.25, 0.3) is 0 Å². The molecule has 1 aliphatic heterocycles. The SMILES string of the molecule is CN1C(=O)NC(Nc2ccc(Oc3ncc(C(=O)O)s3)c(F)c2)N(CC2C=CC(Cl)=CC2)C1=O. The zero-order valence-corrected chi connectivity index (χ0v) is 19.3. The van der Waals surface area contributed by atoms with E-state index in [1.165, 1.54) is 24.1 Å². The molecule has 0 saturated carbocycles. The van der Waals surface area contributed by atoms with E-state index in [9.17, 15) is 18.8 Å². The second-order valence-electron chi connectivity index (χ2n) is 7.48. The number of nitrogens with one attached hydrogen (secondary N) is 2. The van der Waals surface area contributed by atoms with Crippen molar-refractivity contribution in [1.29, 1.82) is 0 Å². The van der Waals surface area contributed by atoms with Crippen LogP contribution in [0.3, 0.4) is 0 Å². The maximum absolute atomic E-state index is 14.7. The molecule has 1 aromatic carbocycles. The zero-order valence-electron chi connectivity index (χ0n) is 17.7. The maximum atomic E-state index is 14.7. The van der Waals surface area contributed by atoms with Crippen LogP contribution in [-0.2, 0) is 0 Å². The number of carboxylic acid groups (broad SMARTS) is 1. The van der Waals surface area contributed by atoms with Gasteiger partial charge < -0.3 is 15.2 Å². The third-order valence-electron chi connectivity index (χ3n) is 5.11. The molecule has 10 nitrogen and oxygen atoms in total. The van der Waals surface area contributed by atoms with E-state index in [0.29, 0.717) is 11.5 Å². The number of carbonyl (C=O) groups is 3. The van der Waals surface area contributed by atoms with Gasteiger partial charge in [-0.25, -0.2) is 28.7 Å². The first-order chi connectivity index (χ1) is 16.2. The number of amides is 4. The molecule has 2 atom stereocenters. The molecule has 2 unspecified atom stereocenters. The lowest BCUT2D eigenvalue weighted by Gasteiger charge is -2.41. The van der Waals surface area contributed by atoms with Crippen LogP contribution in [0.4, 0.5) is 19.7 Å². The number of aromatic nitrogens is 1. The van der Waals surface area contributed by atoms with Gasteiger partial charge in [-0.2, -0.15) is 0 Å². The van der Waals surface area contributed by atoms with E-state index in [0.717, 1.165) is 28.5 Å². The predicted octanol–water partition coefficient (Wildman–Crippen LogP) is 4.24.